The van der Waals surface area contributed by atoms with Crippen molar-refractivity contribution in [3.8, 4) is 0 Å². The highest BCUT2D eigenvalue weighted by Gasteiger charge is 2.28. The van der Waals surface area contributed by atoms with Gasteiger partial charge in [-0.25, -0.2) is 4.39 Å². The van der Waals surface area contributed by atoms with E-state index in [0.717, 1.165) is 30.4 Å². The molecule has 2 rings (SSSR count). The van der Waals surface area contributed by atoms with Gasteiger partial charge in [0.05, 0.1) is 0 Å². The zero-order valence-electron chi connectivity index (χ0n) is 14.2. The number of carbonyl (C=O) groups excluding carboxylic acids is 1. The average Bonchev–Trinajstić information content (AvgIpc) is 3.36. The molecule has 7 heteroatoms. The molecule has 1 saturated carbocycles. The second kappa shape index (κ2) is 10.5. The Labute approximate surface area is 159 Å². The monoisotopic (exact) mass is 448 g/mol. The molecule has 134 valence electrons. The van der Waals surface area contributed by atoms with Crippen molar-refractivity contribution >= 4 is 35.8 Å². The van der Waals surface area contributed by atoms with Crippen molar-refractivity contribution < 1.29 is 9.18 Å². The number of hydrogen-bond donors (Lipinski definition) is 3. The van der Waals surface area contributed by atoms with Crippen LogP contribution in [0.25, 0.3) is 0 Å². The third-order valence-corrected chi connectivity index (χ3v) is 3.88. The molecule has 24 heavy (non-hydrogen) atoms. The summed E-state index contributed by atoms with van der Waals surface area (Å²) >= 11 is 0. The fraction of sp³-hybridized carbons (Fsp3) is 0.529. The van der Waals surface area contributed by atoms with Crippen LogP contribution < -0.4 is 16.0 Å². The first kappa shape index (κ1) is 20.7. The maximum absolute atomic E-state index is 13.1. The minimum Gasteiger partial charge on any atom is -0.356 e. The summed E-state index contributed by atoms with van der Waals surface area (Å²) in [4.78, 5) is 15.6. The Morgan fingerprint density at radius 2 is 1.88 bits per heavy atom. The van der Waals surface area contributed by atoms with Crippen LogP contribution in [0.1, 0.15) is 24.0 Å². The number of hydrogen-bond acceptors (Lipinski definition) is 2. The van der Waals surface area contributed by atoms with E-state index in [0.29, 0.717) is 25.6 Å². The van der Waals surface area contributed by atoms with Gasteiger partial charge in [-0.05, 0) is 49.4 Å². The zero-order valence-corrected chi connectivity index (χ0v) is 16.5. The van der Waals surface area contributed by atoms with Crippen LogP contribution in [-0.2, 0) is 11.2 Å². The summed E-state index contributed by atoms with van der Waals surface area (Å²) in [7, 11) is 1.71. The second-order valence-corrected chi connectivity index (χ2v) is 5.81. The van der Waals surface area contributed by atoms with Crippen LogP contribution in [0.4, 0.5) is 4.39 Å². The summed E-state index contributed by atoms with van der Waals surface area (Å²) in [6.45, 7) is 3.84. The van der Waals surface area contributed by atoms with Crippen LogP contribution >= 0.6 is 24.0 Å². The molecule has 1 aromatic rings. The van der Waals surface area contributed by atoms with E-state index >= 15 is 0 Å². The molecule has 0 bridgehead atoms. The van der Waals surface area contributed by atoms with Gasteiger partial charge in [0.15, 0.2) is 5.96 Å². The van der Waals surface area contributed by atoms with Crippen molar-refractivity contribution in [2.45, 2.75) is 26.2 Å². The van der Waals surface area contributed by atoms with Gasteiger partial charge in [-0.15, -0.1) is 24.0 Å². The first-order valence-electron chi connectivity index (χ1n) is 8.07. The lowest BCUT2D eigenvalue weighted by molar-refractivity contribution is -0.122. The van der Waals surface area contributed by atoms with E-state index in [1.165, 1.54) is 6.07 Å². The van der Waals surface area contributed by atoms with Crippen LogP contribution in [0.5, 0.6) is 0 Å². The number of aryl methyl sites for hydroxylation is 1. The van der Waals surface area contributed by atoms with Crippen molar-refractivity contribution in [2.24, 2.45) is 10.9 Å². The van der Waals surface area contributed by atoms with Crippen LogP contribution in [0.3, 0.4) is 0 Å². The molecule has 1 aliphatic rings. The van der Waals surface area contributed by atoms with Gasteiger partial charge in [-0.1, -0.05) is 6.07 Å². The predicted molar refractivity (Wildman–Crippen MR) is 105 cm³/mol. The molecule has 5 nitrogen and oxygen atoms in total. The van der Waals surface area contributed by atoms with Gasteiger partial charge >= 0.3 is 0 Å². The molecule has 0 radical (unpaired) electrons. The molecular weight excluding hydrogens is 422 g/mol. The Morgan fingerprint density at radius 3 is 2.50 bits per heavy atom. The lowest BCUT2D eigenvalue weighted by atomic mass is 10.1. The Bertz CT molecular complexity index is 576. The smallest absolute Gasteiger partial charge is 0.223 e. The number of guanidine groups is 1. The Hall–Kier alpha value is -1.38. The summed E-state index contributed by atoms with van der Waals surface area (Å²) in [6, 6.07) is 4.85. The SMILES string of the molecule is CN=C(NCCNC(=O)C1CC1)NCCc1ccc(F)cc1C.I. The van der Waals surface area contributed by atoms with Gasteiger partial charge in [0, 0.05) is 32.6 Å². The molecule has 0 saturated heterocycles. The van der Waals surface area contributed by atoms with Crippen molar-refractivity contribution in [3.63, 3.8) is 0 Å². The maximum Gasteiger partial charge on any atom is 0.223 e. The minimum absolute atomic E-state index is 0. The summed E-state index contributed by atoms with van der Waals surface area (Å²) in [5, 5.41) is 9.27. The Morgan fingerprint density at radius 1 is 1.21 bits per heavy atom. The zero-order chi connectivity index (χ0) is 16.7. The second-order valence-electron chi connectivity index (χ2n) is 5.81. The molecule has 0 heterocycles. The summed E-state index contributed by atoms with van der Waals surface area (Å²) < 4.78 is 13.1. The van der Waals surface area contributed by atoms with Crippen LogP contribution in [0.2, 0.25) is 0 Å². The van der Waals surface area contributed by atoms with Gasteiger partial charge in [-0.3, -0.25) is 9.79 Å². The van der Waals surface area contributed by atoms with E-state index < -0.39 is 0 Å². The van der Waals surface area contributed by atoms with E-state index in [2.05, 4.69) is 20.9 Å². The minimum atomic E-state index is -0.204. The fourth-order valence-electron chi connectivity index (χ4n) is 2.33. The number of carbonyl (C=O) groups is 1. The van der Waals surface area contributed by atoms with Crippen molar-refractivity contribution in [1.29, 1.82) is 0 Å². The highest BCUT2D eigenvalue weighted by Crippen LogP contribution is 2.28. The normalized spacial score (nSPS) is 13.9. The van der Waals surface area contributed by atoms with E-state index in [1.54, 1.807) is 13.1 Å². The standard InChI is InChI=1S/C17H25FN4O.HI/c1-12-11-15(18)6-5-13(12)7-8-21-17(19-2)22-10-9-20-16(23)14-3-4-14;/h5-6,11,14H,3-4,7-10H2,1-2H3,(H,20,23)(H2,19,21,22);1H. The molecule has 0 aromatic heterocycles. The lowest BCUT2D eigenvalue weighted by Gasteiger charge is -2.13. The Kier molecular flexibility index (Phi) is 9.02. The number of amides is 1. The molecule has 1 aliphatic carbocycles. The molecular formula is C17H26FIN4O. The molecule has 0 spiro atoms. The number of rotatable bonds is 7. The predicted octanol–water partition coefficient (Wildman–Crippen LogP) is 1.99. The van der Waals surface area contributed by atoms with Gasteiger partial charge in [0.2, 0.25) is 5.91 Å². The molecule has 3 N–H and O–H groups in total. The largest absolute Gasteiger partial charge is 0.356 e. The summed E-state index contributed by atoms with van der Waals surface area (Å²) in [5.74, 6) is 0.892. The molecule has 0 unspecified atom stereocenters. The van der Waals surface area contributed by atoms with Crippen molar-refractivity contribution in [2.75, 3.05) is 26.7 Å². The molecule has 1 fully saturated rings. The number of benzene rings is 1. The Balaban J connectivity index is 0.00000288. The van der Waals surface area contributed by atoms with Crippen molar-refractivity contribution in [1.82, 2.24) is 16.0 Å². The highest BCUT2D eigenvalue weighted by atomic mass is 127. The van der Waals surface area contributed by atoms with Gasteiger partial charge in [-0.2, -0.15) is 0 Å². The quantitative estimate of drug-likeness (QED) is 0.259. The number of nitrogens with one attached hydrogen (secondary N) is 3. The van der Waals surface area contributed by atoms with Crippen LogP contribution in [0, 0.1) is 18.7 Å². The topological polar surface area (TPSA) is 65.5 Å². The molecule has 1 amide bonds. The number of aliphatic imine (C=N–C) groups is 1. The highest BCUT2D eigenvalue weighted by molar-refractivity contribution is 14.0. The summed E-state index contributed by atoms with van der Waals surface area (Å²) in [5.41, 5.74) is 2.07. The first-order valence-corrected chi connectivity index (χ1v) is 8.07. The van der Waals surface area contributed by atoms with Gasteiger partial charge < -0.3 is 16.0 Å². The van der Waals surface area contributed by atoms with Gasteiger partial charge in [0.1, 0.15) is 5.82 Å². The van der Waals surface area contributed by atoms with E-state index in [9.17, 15) is 9.18 Å². The van der Waals surface area contributed by atoms with Crippen molar-refractivity contribution in [3.05, 3.63) is 35.1 Å². The lowest BCUT2D eigenvalue weighted by Crippen LogP contribution is -2.42. The molecule has 0 atom stereocenters. The maximum atomic E-state index is 13.1. The molecule has 0 aliphatic heterocycles. The van der Waals surface area contributed by atoms with E-state index in [1.807, 2.05) is 13.0 Å². The van der Waals surface area contributed by atoms with E-state index in [-0.39, 0.29) is 41.6 Å². The first-order chi connectivity index (χ1) is 11.1. The van der Waals surface area contributed by atoms with E-state index in [4.69, 9.17) is 0 Å². The average molecular weight is 448 g/mol. The third kappa shape index (κ3) is 7.02. The third-order valence-electron chi connectivity index (χ3n) is 3.88. The fourth-order valence-corrected chi connectivity index (χ4v) is 2.33. The van der Waals surface area contributed by atoms with Gasteiger partial charge in [0.25, 0.3) is 0 Å². The summed E-state index contributed by atoms with van der Waals surface area (Å²) in [6.07, 6.45) is 2.84. The van der Waals surface area contributed by atoms with Crippen LogP contribution in [0.15, 0.2) is 23.2 Å². The number of nitrogens with zero attached hydrogens (tertiary/aromatic N) is 1. The number of halogens is 2. The molecule has 1 aromatic carbocycles. The van der Waals surface area contributed by atoms with Crippen LogP contribution in [-0.4, -0.2) is 38.5 Å².